The second kappa shape index (κ2) is 4.73. The minimum absolute atomic E-state index is 0.475. The fraction of sp³-hybridized carbons (Fsp3) is 0.417. The Bertz CT molecular complexity index is 400. The summed E-state index contributed by atoms with van der Waals surface area (Å²) in [6.07, 6.45) is 7.95. The smallest absolute Gasteiger partial charge is 0.148 e. The topological polar surface area (TPSA) is 49.4 Å². The molecule has 5 nitrogen and oxygen atoms in total. The van der Waals surface area contributed by atoms with Crippen molar-refractivity contribution >= 4 is 5.69 Å². The molecule has 5 heteroatoms. The first kappa shape index (κ1) is 10.6. The maximum Gasteiger partial charge on any atom is 0.148 e. The molecule has 0 saturated carbocycles. The van der Waals surface area contributed by atoms with E-state index < -0.39 is 0 Å². The van der Waals surface area contributed by atoms with E-state index in [4.69, 9.17) is 4.84 Å². The van der Waals surface area contributed by atoms with Crippen LogP contribution in [-0.4, -0.2) is 18.1 Å². The van der Waals surface area contributed by atoms with Gasteiger partial charge in [-0.3, -0.25) is 4.98 Å². The van der Waals surface area contributed by atoms with Gasteiger partial charge in [-0.25, -0.2) is 5.01 Å². The van der Waals surface area contributed by atoms with Crippen LogP contribution in [0.5, 0.6) is 0 Å². The summed E-state index contributed by atoms with van der Waals surface area (Å²) in [5.74, 6) is 1.48. The number of nitrogens with zero attached hydrogens (tertiary/aromatic N) is 2. The largest absolute Gasteiger partial charge is 0.391 e. The lowest BCUT2D eigenvalue weighted by atomic mass is 9.98. The quantitative estimate of drug-likeness (QED) is 0.802. The Morgan fingerprint density at radius 2 is 2.24 bits per heavy atom. The first-order chi connectivity index (χ1) is 8.43. The predicted octanol–water partition coefficient (Wildman–Crippen LogP) is 1.18. The fourth-order valence-corrected chi connectivity index (χ4v) is 2.20. The molecule has 1 atom stereocenters. The van der Waals surface area contributed by atoms with Gasteiger partial charge >= 0.3 is 0 Å². The molecule has 0 amide bonds. The van der Waals surface area contributed by atoms with Crippen LogP contribution in [0, 0.1) is 5.92 Å². The van der Waals surface area contributed by atoms with Crippen LogP contribution in [0.4, 0.5) is 5.69 Å². The first-order valence-corrected chi connectivity index (χ1v) is 5.98. The third-order valence-corrected chi connectivity index (χ3v) is 3.16. The monoisotopic (exact) mass is 232 g/mol. The van der Waals surface area contributed by atoms with E-state index in [0.717, 1.165) is 24.5 Å². The number of anilines is 1. The van der Waals surface area contributed by atoms with Gasteiger partial charge in [-0.15, -0.1) is 0 Å². The highest BCUT2D eigenvalue weighted by Crippen LogP contribution is 2.25. The SMILES string of the molecule is C1=C(C2CCCNC2)ONN1c1ccncc1. The van der Waals surface area contributed by atoms with Gasteiger partial charge in [-0.1, -0.05) is 5.59 Å². The van der Waals surface area contributed by atoms with Gasteiger partial charge in [0, 0.05) is 24.9 Å². The summed E-state index contributed by atoms with van der Waals surface area (Å²) in [6, 6.07) is 3.88. The maximum absolute atomic E-state index is 5.54. The molecule has 1 saturated heterocycles. The number of hydrogen-bond donors (Lipinski definition) is 2. The summed E-state index contributed by atoms with van der Waals surface area (Å²) >= 11 is 0. The average molecular weight is 232 g/mol. The number of pyridine rings is 1. The van der Waals surface area contributed by atoms with Crippen LogP contribution < -0.4 is 15.9 Å². The van der Waals surface area contributed by atoms with E-state index in [-0.39, 0.29) is 0 Å². The van der Waals surface area contributed by atoms with E-state index in [1.807, 2.05) is 23.3 Å². The molecule has 17 heavy (non-hydrogen) atoms. The van der Waals surface area contributed by atoms with Crippen molar-refractivity contribution < 1.29 is 4.84 Å². The van der Waals surface area contributed by atoms with Crippen LogP contribution in [0.1, 0.15) is 12.8 Å². The molecule has 90 valence electrons. The summed E-state index contributed by atoms with van der Waals surface area (Å²) < 4.78 is 0. The lowest BCUT2D eigenvalue weighted by Crippen LogP contribution is -2.31. The van der Waals surface area contributed by atoms with Crippen molar-refractivity contribution in [3.8, 4) is 0 Å². The molecule has 3 heterocycles. The van der Waals surface area contributed by atoms with E-state index in [1.54, 1.807) is 12.4 Å². The fourth-order valence-electron chi connectivity index (χ4n) is 2.20. The van der Waals surface area contributed by atoms with E-state index in [2.05, 4.69) is 15.9 Å². The van der Waals surface area contributed by atoms with E-state index in [0.29, 0.717) is 5.92 Å². The Balaban J connectivity index is 1.72. The van der Waals surface area contributed by atoms with Crippen molar-refractivity contribution in [2.24, 2.45) is 5.92 Å². The average Bonchev–Trinajstić information content (AvgIpc) is 2.90. The Morgan fingerprint density at radius 1 is 1.35 bits per heavy atom. The summed E-state index contributed by atoms with van der Waals surface area (Å²) in [4.78, 5) is 9.54. The zero-order chi connectivity index (χ0) is 11.5. The van der Waals surface area contributed by atoms with E-state index >= 15 is 0 Å². The van der Waals surface area contributed by atoms with Crippen LogP contribution in [0.3, 0.4) is 0 Å². The molecule has 0 radical (unpaired) electrons. The standard InChI is InChI=1S/C12H16N4O/c1-2-10(8-14-5-1)12-9-16(15-17-12)11-3-6-13-7-4-11/h3-4,6-7,9-10,14-15H,1-2,5,8H2. The Labute approximate surface area is 100 Å². The van der Waals surface area contributed by atoms with Crippen molar-refractivity contribution in [1.82, 2.24) is 15.9 Å². The molecule has 0 spiro atoms. The second-order valence-electron chi connectivity index (χ2n) is 4.34. The molecule has 0 bridgehead atoms. The number of nitrogens with one attached hydrogen (secondary N) is 2. The van der Waals surface area contributed by atoms with E-state index in [1.165, 1.54) is 12.8 Å². The summed E-state index contributed by atoms with van der Waals surface area (Å²) in [7, 11) is 0. The number of hydrogen-bond acceptors (Lipinski definition) is 5. The molecule has 1 unspecified atom stereocenters. The van der Waals surface area contributed by atoms with Crippen molar-refractivity contribution in [3.05, 3.63) is 36.5 Å². The molecule has 1 fully saturated rings. The highest BCUT2D eigenvalue weighted by Gasteiger charge is 2.24. The molecular weight excluding hydrogens is 216 g/mol. The zero-order valence-electron chi connectivity index (χ0n) is 9.60. The number of aromatic nitrogens is 1. The molecule has 0 aromatic carbocycles. The Hall–Kier alpha value is -1.59. The number of piperidine rings is 1. The van der Waals surface area contributed by atoms with E-state index in [9.17, 15) is 0 Å². The summed E-state index contributed by atoms with van der Waals surface area (Å²) in [5, 5.41) is 5.27. The lowest BCUT2D eigenvalue weighted by molar-refractivity contribution is 0.101. The van der Waals surface area contributed by atoms with Gasteiger partial charge in [0.15, 0.2) is 0 Å². The van der Waals surface area contributed by atoms with Gasteiger partial charge in [0.05, 0.1) is 11.9 Å². The lowest BCUT2D eigenvalue weighted by Gasteiger charge is -2.21. The third-order valence-electron chi connectivity index (χ3n) is 3.16. The predicted molar refractivity (Wildman–Crippen MR) is 64.6 cm³/mol. The summed E-state index contributed by atoms with van der Waals surface area (Å²) in [5.41, 5.74) is 3.93. The van der Waals surface area contributed by atoms with Gasteiger partial charge in [0.2, 0.25) is 0 Å². The van der Waals surface area contributed by atoms with Crippen molar-refractivity contribution in [2.75, 3.05) is 18.1 Å². The van der Waals surface area contributed by atoms with Gasteiger partial charge in [-0.05, 0) is 31.5 Å². The Morgan fingerprint density at radius 3 is 3.00 bits per heavy atom. The molecule has 0 aliphatic carbocycles. The summed E-state index contributed by atoms with van der Waals surface area (Å²) in [6.45, 7) is 2.11. The van der Waals surface area contributed by atoms with Gasteiger partial charge < -0.3 is 10.2 Å². The highest BCUT2D eigenvalue weighted by molar-refractivity contribution is 5.47. The maximum atomic E-state index is 5.54. The van der Waals surface area contributed by atoms with Crippen molar-refractivity contribution in [3.63, 3.8) is 0 Å². The van der Waals surface area contributed by atoms with Crippen molar-refractivity contribution in [2.45, 2.75) is 12.8 Å². The minimum Gasteiger partial charge on any atom is -0.391 e. The molecule has 3 rings (SSSR count). The van der Waals surface area contributed by atoms with Crippen LogP contribution in [0.25, 0.3) is 0 Å². The minimum atomic E-state index is 0.475. The third kappa shape index (κ3) is 2.25. The zero-order valence-corrected chi connectivity index (χ0v) is 9.60. The van der Waals surface area contributed by atoms with Crippen LogP contribution in [-0.2, 0) is 4.84 Å². The molecular formula is C12H16N4O. The molecule has 1 aromatic rings. The first-order valence-electron chi connectivity index (χ1n) is 5.98. The van der Waals surface area contributed by atoms with Crippen LogP contribution >= 0.6 is 0 Å². The molecule has 2 aliphatic rings. The van der Waals surface area contributed by atoms with Crippen molar-refractivity contribution in [1.29, 1.82) is 0 Å². The number of hydrazine groups is 1. The molecule has 1 aromatic heterocycles. The van der Waals surface area contributed by atoms with Crippen LogP contribution in [0.15, 0.2) is 36.5 Å². The van der Waals surface area contributed by atoms with Gasteiger partial charge in [-0.2, -0.15) is 0 Å². The Kier molecular flexibility index (Phi) is 2.94. The molecule has 2 N–H and O–H groups in total. The number of rotatable bonds is 2. The second-order valence-corrected chi connectivity index (χ2v) is 4.34. The highest BCUT2D eigenvalue weighted by atomic mass is 16.7. The van der Waals surface area contributed by atoms with Gasteiger partial charge in [0.1, 0.15) is 5.76 Å². The molecule has 2 aliphatic heterocycles. The normalized spacial score (nSPS) is 24.4. The van der Waals surface area contributed by atoms with Crippen LogP contribution in [0.2, 0.25) is 0 Å². The van der Waals surface area contributed by atoms with Gasteiger partial charge in [0.25, 0.3) is 0 Å².